The van der Waals surface area contributed by atoms with Gasteiger partial charge in [-0.15, -0.1) is 0 Å². The zero-order chi connectivity index (χ0) is 17.1. The first-order valence-electron chi connectivity index (χ1n) is 6.88. The van der Waals surface area contributed by atoms with Gasteiger partial charge in [-0.05, 0) is 17.3 Å². The lowest BCUT2D eigenvalue weighted by molar-refractivity contribution is 0.00259. The number of amides is 2. The summed E-state index contributed by atoms with van der Waals surface area (Å²) in [6, 6.07) is -0.757. The van der Waals surface area contributed by atoms with Gasteiger partial charge < -0.3 is 26.0 Å². The Kier molecular flexibility index (Phi) is 6.05. The van der Waals surface area contributed by atoms with Gasteiger partial charge in [-0.1, -0.05) is 41.5 Å². The van der Waals surface area contributed by atoms with Gasteiger partial charge in [-0.3, -0.25) is 0 Å². The average molecular weight is 304 g/mol. The molecule has 0 fully saturated rings. The molecule has 0 saturated carbocycles. The molecule has 0 aliphatic heterocycles. The van der Waals surface area contributed by atoms with E-state index >= 15 is 0 Å². The van der Waals surface area contributed by atoms with Gasteiger partial charge in [0.25, 0.3) is 0 Å². The molecule has 0 radical (unpaired) electrons. The molecule has 124 valence electrons. The number of nitrogens with one attached hydrogen (secondary N) is 2. The quantitative estimate of drug-likeness (QED) is 0.533. The number of carboxylic acid groups (broad SMARTS) is 2. The Morgan fingerprint density at radius 1 is 0.952 bits per heavy atom. The lowest BCUT2D eigenvalue weighted by atomic mass is 9.57. The monoisotopic (exact) mass is 304 g/mol. The molecule has 1 atom stereocenters. The van der Waals surface area contributed by atoms with Gasteiger partial charge in [-0.25, -0.2) is 9.59 Å². The smallest absolute Gasteiger partial charge is 0.405 e. The summed E-state index contributed by atoms with van der Waals surface area (Å²) in [5.41, 5.74) is -1.91. The third-order valence-corrected chi connectivity index (χ3v) is 3.98. The van der Waals surface area contributed by atoms with Crippen molar-refractivity contribution in [1.82, 2.24) is 10.6 Å². The van der Waals surface area contributed by atoms with Crippen molar-refractivity contribution in [2.75, 3.05) is 6.61 Å². The summed E-state index contributed by atoms with van der Waals surface area (Å²) in [6.07, 6.45) is -2.28. The van der Waals surface area contributed by atoms with E-state index in [2.05, 4.69) is 10.6 Å². The fourth-order valence-electron chi connectivity index (χ4n) is 3.05. The maximum Gasteiger partial charge on any atom is 0.405 e. The summed E-state index contributed by atoms with van der Waals surface area (Å²) in [6.45, 7) is 11.0. The first-order valence-corrected chi connectivity index (χ1v) is 6.88. The van der Waals surface area contributed by atoms with Crippen LogP contribution < -0.4 is 10.6 Å². The van der Waals surface area contributed by atoms with E-state index in [0.717, 1.165) is 0 Å². The molecule has 0 spiro atoms. The Balaban J connectivity index is 5.77. The lowest BCUT2D eigenvalue weighted by Gasteiger charge is -2.54. The van der Waals surface area contributed by atoms with Crippen molar-refractivity contribution in [3.05, 3.63) is 0 Å². The van der Waals surface area contributed by atoms with E-state index in [0.29, 0.717) is 0 Å². The molecule has 7 nitrogen and oxygen atoms in total. The molecular weight excluding hydrogens is 276 g/mol. The fourth-order valence-corrected chi connectivity index (χ4v) is 3.05. The summed E-state index contributed by atoms with van der Waals surface area (Å²) in [7, 11) is 0. The van der Waals surface area contributed by atoms with Crippen LogP contribution in [0.4, 0.5) is 9.59 Å². The summed E-state index contributed by atoms with van der Waals surface area (Å²) in [4.78, 5) is 22.1. The van der Waals surface area contributed by atoms with Crippen molar-refractivity contribution in [1.29, 1.82) is 0 Å². The number of aliphatic hydroxyl groups is 1. The Bertz CT molecular complexity index is 368. The van der Waals surface area contributed by atoms with Crippen molar-refractivity contribution in [3.8, 4) is 0 Å². The Labute approximate surface area is 125 Å². The molecule has 2 amide bonds. The minimum Gasteiger partial charge on any atom is -0.465 e. The molecule has 0 unspecified atom stereocenters. The minimum atomic E-state index is -1.25. The highest BCUT2D eigenvalue weighted by Gasteiger charge is 2.52. The van der Waals surface area contributed by atoms with E-state index in [1.807, 2.05) is 41.5 Å². The highest BCUT2D eigenvalue weighted by atomic mass is 16.4. The maximum absolute atomic E-state index is 11.3. The Morgan fingerprint density at radius 2 is 1.38 bits per heavy atom. The second kappa shape index (κ2) is 6.51. The largest absolute Gasteiger partial charge is 0.465 e. The predicted molar refractivity (Wildman–Crippen MR) is 79.5 cm³/mol. The van der Waals surface area contributed by atoms with E-state index in [1.165, 1.54) is 0 Å². The van der Waals surface area contributed by atoms with Gasteiger partial charge in [-0.2, -0.15) is 0 Å². The number of carbonyl (C=O) groups is 2. The van der Waals surface area contributed by atoms with E-state index < -0.39 is 41.2 Å². The molecule has 0 rings (SSSR count). The van der Waals surface area contributed by atoms with Crippen molar-refractivity contribution in [2.45, 2.75) is 59.5 Å². The van der Waals surface area contributed by atoms with Crippen LogP contribution in [0.15, 0.2) is 0 Å². The van der Waals surface area contributed by atoms with Crippen LogP contribution in [-0.4, -0.2) is 45.7 Å². The SMILES string of the molecule is CC(C)(C)C(C[C@@H](CO)NC(=O)O)(NC(=O)O)C(C)(C)C. The lowest BCUT2D eigenvalue weighted by Crippen LogP contribution is -2.66. The van der Waals surface area contributed by atoms with Crippen LogP contribution in [-0.2, 0) is 0 Å². The van der Waals surface area contributed by atoms with E-state index in [1.54, 1.807) is 0 Å². The highest BCUT2D eigenvalue weighted by Crippen LogP contribution is 2.46. The highest BCUT2D eigenvalue weighted by molar-refractivity contribution is 5.66. The molecule has 0 aliphatic rings. The first kappa shape index (κ1) is 19.5. The van der Waals surface area contributed by atoms with Gasteiger partial charge in [0.15, 0.2) is 0 Å². The van der Waals surface area contributed by atoms with Crippen LogP contribution in [0.5, 0.6) is 0 Å². The molecule has 5 N–H and O–H groups in total. The van der Waals surface area contributed by atoms with E-state index in [9.17, 15) is 19.8 Å². The number of hydrogen-bond acceptors (Lipinski definition) is 3. The van der Waals surface area contributed by atoms with Gasteiger partial charge in [0.2, 0.25) is 0 Å². The van der Waals surface area contributed by atoms with Gasteiger partial charge in [0, 0.05) is 0 Å². The molecule has 7 heteroatoms. The molecule has 0 aliphatic carbocycles. The maximum atomic E-state index is 11.3. The van der Waals surface area contributed by atoms with Crippen LogP contribution in [0.2, 0.25) is 0 Å². The fraction of sp³-hybridized carbons (Fsp3) is 0.857. The van der Waals surface area contributed by atoms with Crippen molar-refractivity contribution in [3.63, 3.8) is 0 Å². The van der Waals surface area contributed by atoms with Crippen LogP contribution in [0, 0.1) is 10.8 Å². The molecule has 0 saturated heterocycles. The number of hydrogen-bond donors (Lipinski definition) is 5. The molecule has 0 bridgehead atoms. The molecule has 0 aromatic heterocycles. The average Bonchev–Trinajstić information content (AvgIpc) is 2.22. The third kappa shape index (κ3) is 4.77. The normalized spacial score (nSPS) is 14.4. The standard InChI is InChI=1S/C14H28N2O5/c1-12(2,3)14(13(4,5)6,16-11(20)21)7-9(8-17)15-10(18)19/h9,15-17H,7-8H2,1-6H3,(H,18,19)(H,20,21)/t9-/m0/s1. The van der Waals surface area contributed by atoms with Crippen molar-refractivity contribution < 1.29 is 24.9 Å². The van der Waals surface area contributed by atoms with Gasteiger partial charge in [0.05, 0.1) is 18.2 Å². The van der Waals surface area contributed by atoms with Crippen molar-refractivity contribution in [2.24, 2.45) is 10.8 Å². The molecule has 0 aromatic rings. The second-order valence-corrected chi connectivity index (χ2v) is 7.37. The van der Waals surface area contributed by atoms with Crippen LogP contribution in [0.3, 0.4) is 0 Å². The third-order valence-electron chi connectivity index (χ3n) is 3.98. The molecular formula is C14H28N2O5. The first-order chi connectivity index (χ1) is 9.26. The van der Waals surface area contributed by atoms with E-state index in [-0.39, 0.29) is 6.42 Å². The second-order valence-electron chi connectivity index (χ2n) is 7.37. The zero-order valence-electron chi connectivity index (χ0n) is 13.6. The summed E-state index contributed by atoms with van der Waals surface area (Å²) >= 11 is 0. The molecule has 0 aromatic carbocycles. The Hall–Kier alpha value is -1.50. The van der Waals surface area contributed by atoms with Gasteiger partial charge in [0.1, 0.15) is 0 Å². The predicted octanol–water partition coefficient (Wildman–Crippen LogP) is 2.10. The molecule has 21 heavy (non-hydrogen) atoms. The topological polar surface area (TPSA) is 119 Å². The summed E-state index contributed by atoms with van der Waals surface area (Å²) in [5.74, 6) is 0. The number of rotatable bonds is 5. The van der Waals surface area contributed by atoms with Gasteiger partial charge >= 0.3 is 12.2 Å². The zero-order valence-corrected chi connectivity index (χ0v) is 13.6. The Morgan fingerprint density at radius 3 is 1.62 bits per heavy atom. The van der Waals surface area contributed by atoms with Crippen LogP contribution in [0.25, 0.3) is 0 Å². The van der Waals surface area contributed by atoms with Crippen molar-refractivity contribution >= 4 is 12.2 Å². The summed E-state index contributed by atoms with van der Waals surface area (Å²) in [5, 5.41) is 32.3. The summed E-state index contributed by atoms with van der Waals surface area (Å²) < 4.78 is 0. The van der Waals surface area contributed by atoms with E-state index in [4.69, 9.17) is 5.11 Å². The number of aliphatic hydroxyl groups excluding tert-OH is 1. The van der Waals surface area contributed by atoms with Crippen LogP contribution >= 0.6 is 0 Å². The van der Waals surface area contributed by atoms with Crippen LogP contribution in [0.1, 0.15) is 48.0 Å². The minimum absolute atomic E-state index is 0.148. The molecule has 0 heterocycles.